The fourth-order valence-electron chi connectivity index (χ4n) is 11.0. The van der Waals surface area contributed by atoms with Crippen molar-refractivity contribution in [2.75, 3.05) is 38.2 Å². The Hall–Kier alpha value is -8.55. The number of unbranched alkanes of at least 4 members (excludes halogenated alkanes) is 1. The van der Waals surface area contributed by atoms with Gasteiger partial charge in [0.1, 0.15) is 42.3 Å². The second-order valence-electron chi connectivity index (χ2n) is 23.8. The third-order valence-electron chi connectivity index (χ3n) is 15.9. The van der Waals surface area contributed by atoms with Crippen LogP contribution in [0.25, 0.3) is 0 Å². The van der Waals surface area contributed by atoms with Crippen molar-refractivity contribution in [3.8, 4) is 0 Å². The highest BCUT2D eigenvalue weighted by Crippen LogP contribution is 2.25. The summed E-state index contributed by atoms with van der Waals surface area (Å²) in [5.41, 5.74) is 41.5. The number of nitrogens with two attached hydrogens (primary N) is 7. The summed E-state index contributed by atoms with van der Waals surface area (Å²) in [7, 11) is 0. The number of benzene rings is 2. The van der Waals surface area contributed by atoms with Crippen LogP contribution in [-0.4, -0.2) is 183 Å². The lowest BCUT2D eigenvalue weighted by molar-refractivity contribution is -0.144. The second kappa shape index (κ2) is 38.5. The molecule has 2 aromatic carbocycles. The molecule has 0 unspecified atom stereocenters. The largest absolute Gasteiger partial charge is 0.370 e. The van der Waals surface area contributed by atoms with Gasteiger partial charge in [0, 0.05) is 45.3 Å². The topological polar surface area (TPSA) is 500 Å². The molecule has 5 rings (SSSR count). The number of thioether (sulfide) groups is 1. The summed E-state index contributed by atoms with van der Waals surface area (Å²) in [6.07, 6.45) is 3.78. The van der Waals surface area contributed by atoms with E-state index in [-0.39, 0.29) is 88.2 Å². The van der Waals surface area contributed by atoms with Gasteiger partial charge in [0.15, 0.2) is 5.96 Å². The number of aliphatic imine (C=N–C) groups is 1. The summed E-state index contributed by atoms with van der Waals surface area (Å²) >= 11 is 1.52. The van der Waals surface area contributed by atoms with Crippen LogP contribution in [0, 0.1) is 5.92 Å². The van der Waals surface area contributed by atoms with Crippen molar-refractivity contribution in [2.45, 2.75) is 183 Å². The quantitative estimate of drug-likeness (QED) is 0.0133. The van der Waals surface area contributed by atoms with Crippen molar-refractivity contribution in [3.05, 3.63) is 83.5 Å². The summed E-state index contributed by atoms with van der Waals surface area (Å²) in [6, 6.07) is 5.69. The number of likely N-dealkylation sites (tertiary alicyclic amines) is 2. The monoisotopic (exact) mass is 1310 g/mol. The van der Waals surface area contributed by atoms with Crippen LogP contribution >= 0.6 is 11.8 Å². The van der Waals surface area contributed by atoms with Crippen LogP contribution in [0.2, 0.25) is 0 Å². The summed E-state index contributed by atoms with van der Waals surface area (Å²) in [4.78, 5) is 164. The standard InChI is InChI=1S/C62H94N18O12S/c1-36(2)33-44(74-53(84)39(64)27-32-93-3)51(83)52-77-59(92-78-52)46(35-38-17-8-5-9-18-38)76-56(87)45(34-37-15-6-4-7-16-37)75-55(86)41(23-25-49(66)81)71-54(85)42(24-26-50(67)82)72-57(88)48-22-14-31-80(48)61(91)43(20-10-11-28-63)73-58(89)47-21-13-30-79(47)60(90)40(65)19-12-29-70-62(68)69/h4-9,15-18,36,39-48H,10-14,19-35,63-65H2,1-3H3,(H2,66,81)(H2,67,82)(H,71,85)(H,72,88)(H,73,89)(H,74,84)(H,75,86)(H,76,87)(H4,68,69,70)/t39-,40-,41-,42-,43-,44-,45-,46-,47-,48-/m0/s1. The average molecular weight is 1320 g/mol. The Labute approximate surface area is 545 Å². The maximum Gasteiger partial charge on any atom is 0.249 e. The van der Waals surface area contributed by atoms with Crippen LogP contribution < -0.4 is 72.0 Å². The number of ketones is 1. The van der Waals surface area contributed by atoms with E-state index in [9.17, 15) is 52.7 Å². The van der Waals surface area contributed by atoms with Gasteiger partial charge in [-0.2, -0.15) is 16.7 Å². The number of Topliss-reactive ketones (excluding diaryl/α,β-unsaturated/α-hetero) is 1. The van der Waals surface area contributed by atoms with E-state index in [1.165, 1.54) is 21.6 Å². The third kappa shape index (κ3) is 24.5. The van der Waals surface area contributed by atoms with Gasteiger partial charge in [-0.25, -0.2) is 0 Å². The molecule has 0 saturated carbocycles. The molecule has 0 radical (unpaired) electrons. The van der Waals surface area contributed by atoms with E-state index >= 15 is 0 Å². The number of nitrogens with zero attached hydrogens (tertiary/aromatic N) is 5. The number of carbonyl (C=O) groups excluding carboxylic acids is 11. The van der Waals surface area contributed by atoms with Crippen molar-refractivity contribution < 1.29 is 57.3 Å². The fourth-order valence-corrected chi connectivity index (χ4v) is 11.5. The van der Waals surface area contributed by atoms with Crippen LogP contribution in [0.4, 0.5) is 0 Å². The lowest BCUT2D eigenvalue weighted by atomic mass is 9.99. The highest BCUT2D eigenvalue weighted by molar-refractivity contribution is 7.98. The summed E-state index contributed by atoms with van der Waals surface area (Å²) < 4.78 is 5.69. The summed E-state index contributed by atoms with van der Waals surface area (Å²) in [5.74, 6) is -8.10. The second-order valence-corrected chi connectivity index (χ2v) is 24.8. The molecule has 0 spiro atoms. The van der Waals surface area contributed by atoms with Crippen molar-refractivity contribution in [1.82, 2.24) is 51.8 Å². The molecule has 1 aromatic heterocycles. The highest BCUT2D eigenvalue weighted by atomic mass is 32.2. The number of carbonyl (C=O) groups is 11. The molecule has 93 heavy (non-hydrogen) atoms. The Morgan fingerprint density at radius 2 is 1.13 bits per heavy atom. The lowest BCUT2D eigenvalue weighted by Crippen LogP contribution is -2.59. The minimum absolute atomic E-state index is 0.0450. The Bertz CT molecular complexity index is 3030. The molecule has 10 atom stereocenters. The van der Waals surface area contributed by atoms with Gasteiger partial charge in [-0.15, -0.1) is 0 Å². The third-order valence-corrected chi connectivity index (χ3v) is 16.6. The molecule has 10 amide bonds. The number of primary amides is 2. The normalized spacial score (nSPS) is 17.1. The zero-order chi connectivity index (χ0) is 68.1. The van der Waals surface area contributed by atoms with Crippen LogP contribution in [0.3, 0.4) is 0 Å². The molecule has 2 aliphatic heterocycles. The van der Waals surface area contributed by atoms with E-state index in [1.54, 1.807) is 60.7 Å². The van der Waals surface area contributed by atoms with Gasteiger partial charge in [0.05, 0.1) is 18.1 Å². The van der Waals surface area contributed by atoms with E-state index in [0.717, 1.165) is 0 Å². The molecule has 2 fully saturated rings. The van der Waals surface area contributed by atoms with E-state index in [2.05, 4.69) is 47.0 Å². The lowest BCUT2D eigenvalue weighted by Gasteiger charge is -2.32. The zero-order valence-corrected chi connectivity index (χ0v) is 54.1. The molecule has 0 aliphatic carbocycles. The number of rotatable bonds is 40. The van der Waals surface area contributed by atoms with Gasteiger partial charge in [-0.1, -0.05) is 79.7 Å². The molecule has 30 nitrogen and oxygen atoms in total. The van der Waals surface area contributed by atoms with E-state index in [0.29, 0.717) is 68.4 Å². The first kappa shape index (κ1) is 75.2. The fraction of sp³-hybridized carbons (Fsp3) is 0.581. The predicted octanol–water partition coefficient (Wildman–Crippen LogP) is -1.53. The van der Waals surface area contributed by atoms with Gasteiger partial charge in [-0.3, -0.25) is 57.7 Å². The molecule has 3 aromatic rings. The van der Waals surface area contributed by atoms with Gasteiger partial charge in [0.25, 0.3) is 0 Å². The highest BCUT2D eigenvalue weighted by Gasteiger charge is 2.42. The van der Waals surface area contributed by atoms with Gasteiger partial charge < -0.3 is 86.4 Å². The number of nitrogens with one attached hydrogen (secondary N) is 6. The van der Waals surface area contributed by atoms with Crippen LogP contribution in [0.15, 0.2) is 70.2 Å². The molecular formula is C62H94N18O12S. The first-order valence-corrected chi connectivity index (χ1v) is 33.0. The van der Waals surface area contributed by atoms with E-state index in [1.807, 2.05) is 20.1 Å². The Balaban J connectivity index is 1.37. The van der Waals surface area contributed by atoms with Crippen LogP contribution in [0.1, 0.15) is 144 Å². The number of hydrogen-bond donors (Lipinski definition) is 13. The summed E-state index contributed by atoms with van der Waals surface area (Å²) in [5, 5.41) is 20.4. The predicted molar refractivity (Wildman–Crippen MR) is 347 cm³/mol. The van der Waals surface area contributed by atoms with Crippen molar-refractivity contribution >= 4 is 82.6 Å². The van der Waals surface area contributed by atoms with Crippen molar-refractivity contribution in [2.24, 2.45) is 51.0 Å². The van der Waals surface area contributed by atoms with E-state index < -0.39 is 145 Å². The van der Waals surface area contributed by atoms with E-state index in [4.69, 9.17) is 44.7 Å². The SMILES string of the molecule is CSCC[C@H](N)C(=O)N[C@@H](CC(C)C)C(=O)c1noc([C@H](Cc2ccccc2)NC(=O)[C@H](Cc2ccccc2)NC(=O)[C@H](CCC(N)=O)NC(=O)[C@H](CCC(N)=O)NC(=O)[C@@H]2CCCN2C(=O)[C@H](CCCCN)NC(=O)[C@@H]2CCCN2C(=O)[C@@H](N)CCCN=C(N)N)n1. The zero-order valence-electron chi connectivity index (χ0n) is 53.3. The number of aromatic nitrogens is 2. The Morgan fingerprint density at radius 1 is 0.602 bits per heavy atom. The van der Waals surface area contributed by atoms with Gasteiger partial charge in [0.2, 0.25) is 76.6 Å². The molecule has 31 heteroatoms. The molecule has 3 heterocycles. The first-order chi connectivity index (χ1) is 44.4. The average Bonchev–Trinajstić information content (AvgIpc) is 1.77. The molecular weight excluding hydrogens is 1220 g/mol. The maximum atomic E-state index is 14.8. The molecule has 0 bridgehead atoms. The Morgan fingerprint density at radius 3 is 1.68 bits per heavy atom. The van der Waals surface area contributed by atoms with Crippen molar-refractivity contribution in [1.29, 1.82) is 0 Å². The summed E-state index contributed by atoms with van der Waals surface area (Å²) in [6.45, 7) is 4.65. The Kier molecular flexibility index (Phi) is 31.1. The molecule has 2 saturated heterocycles. The van der Waals surface area contributed by atoms with Crippen molar-refractivity contribution in [3.63, 3.8) is 0 Å². The van der Waals surface area contributed by atoms with Crippen LogP contribution in [0.5, 0.6) is 0 Å². The number of hydrogen-bond acceptors (Lipinski definition) is 19. The molecule has 510 valence electrons. The minimum atomic E-state index is -1.60. The van der Waals surface area contributed by atoms with Gasteiger partial charge in [-0.05, 0) is 119 Å². The number of amides is 10. The first-order valence-electron chi connectivity index (χ1n) is 31.6. The van der Waals surface area contributed by atoms with Gasteiger partial charge >= 0.3 is 0 Å². The smallest absolute Gasteiger partial charge is 0.249 e. The minimum Gasteiger partial charge on any atom is -0.370 e. The maximum absolute atomic E-state index is 14.8. The number of guanidine groups is 1. The molecule has 20 N–H and O–H groups in total. The molecule has 2 aliphatic rings. The van der Waals surface area contributed by atoms with Crippen LogP contribution in [-0.2, 0) is 60.8 Å².